The number of fused-ring (bicyclic) bond motifs is 6. The highest BCUT2D eigenvalue weighted by Crippen LogP contribution is 2.60. The van der Waals surface area contributed by atoms with Crippen molar-refractivity contribution in [3.8, 4) is 34.5 Å². The molecule has 0 unspecified atom stereocenters. The van der Waals surface area contributed by atoms with Crippen LogP contribution >= 0.6 is 23.2 Å². The third-order valence-electron chi connectivity index (χ3n) is 11.5. The highest BCUT2D eigenvalue weighted by Gasteiger charge is 2.55. The van der Waals surface area contributed by atoms with Crippen LogP contribution in [0.3, 0.4) is 0 Å². The van der Waals surface area contributed by atoms with E-state index >= 15 is 0 Å². The smallest absolute Gasteiger partial charge is 0.340 e. The number of esters is 11. The Kier molecular flexibility index (Phi) is 22.9. The molecule has 0 aromatic heterocycles. The summed E-state index contributed by atoms with van der Waals surface area (Å²) in [6.07, 6.45) is 0. The van der Waals surface area contributed by atoms with Gasteiger partial charge in [0.15, 0.2) is 5.60 Å². The van der Waals surface area contributed by atoms with Gasteiger partial charge in [-0.3, -0.25) is 47.9 Å². The van der Waals surface area contributed by atoms with E-state index < -0.39 is 145 Å². The van der Waals surface area contributed by atoms with Crippen LogP contribution in [0.5, 0.6) is 34.5 Å². The predicted molar refractivity (Wildman–Crippen MR) is 287 cm³/mol. The largest absolute Gasteiger partial charge is 0.488 e. The zero-order chi connectivity index (χ0) is 62.8. The van der Waals surface area contributed by atoms with Gasteiger partial charge in [-0.2, -0.15) is 0 Å². The van der Waals surface area contributed by atoms with Crippen molar-refractivity contribution in [3.05, 3.63) is 92.5 Å². The first-order valence-corrected chi connectivity index (χ1v) is 25.9. The van der Waals surface area contributed by atoms with Crippen molar-refractivity contribution in [1.29, 1.82) is 0 Å². The van der Waals surface area contributed by atoms with Gasteiger partial charge in [0.1, 0.15) is 73.9 Å². The molecule has 0 amide bonds. The lowest BCUT2D eigenvalue weighted by atomic mass is 9.77. The molecule has 0 aliphatic carbocycles. The molecule has 31 heteroatoms. The number of carbonyl (C=O) groups is 11. The van der Waals surface area contributed by atoms with Crippen molar-refractivity contribution in [1.82, 2.24) is 0 Å². The quantitative estimate of drug-likeness (QED) is 0.0299. The molecule has 0 N–H and O–H groups in total. The van der Waals surface area contributed by atoms with E-state index in [9.17, 15) is 52.7 Å². The molecule has 0 radical (unpaired) electrons. The predicted octanol–water partition coefficient (Wildman–Crippen LogP) is 4.99. The molecule has 0 saturated carbocycles. The molecule has 4 aromatic rings. The molecule has 2 aliphatic rings. The third-order valence-corrected chi connectivity index (χ3v) is 12.1. The number of aryl methyl sites for hydroxylation is 1. The third kappa shape index (κ3) is 17.9. The molecule has 6 rings (SSSR count). The second-order valence-corrected chi connectivity index (χ2v) is 18.7. The Morgan fingerprint density at radius 1 is 0.430 bits per heavy atom. The number of anilines is 2. The Hall–Kier alpha value is -9.77. The summed E-state index contributed by atoms with van der Waals surface area (Å²) in [4.78, 5) is 139. The number of hydrogen-bond acceptors (Lipinski definition) is 29. The lowest BCUT2D eigenvalue weighted by Crippen LogP contribution is -2.37. The van der Waals surface area contributed by atoms with Crippen molar-refractivity contribution in [2.45, 2.75) is 54.1 Å². The summed E-state index contributed by atoms with van der Waals surface area (Å²) in [5.41, 5.74) is -1.69. The Labute approximate surface area is 498 Å². The molecule has 2 heterocycles. The van der Waals surface area contributed by atoms with Gasteiger partial charge in [-0.25, -0.2) is 4.79 Å². The Bertz CT molecular complexity index is 3150. The lowest BCUT2D eigenvalue weighted by molar-refractivity contribution is -0.167. The number of carbonyl (C=O) groups excluding carboxylic acids is 11. The molecule has 0 bridgehead atoms. The highest BCUT2D eigenvalue weighted by molar-refractivity contribution is 6.32. The Balaban J connectivity index is 1.49. The van der Waals surface area contributed by atoms with Crippen molar-refractivity contribution < 1.29 is 129 Å². The van der Waals surface area contributed by atoms with E-state index in [1.807, 2.05) is 0 Å². The van der Waals surface area contributed by atoms with Crippen LogP contribution in [0.25, 0.3) is 0 Å². The number of benzene rings is 4. The first kappa shape index (κ1) is 65.4. The maximum Gasteiger partial charge on any atom is 0.340 e. The van der Waals surface area contributed by atoms with Gasteiger partial charge in [0.25, 0.3) is 0 Å². The molecule has 4 aromatic carbocycles. The second kappa shape index (κ2) is 30.2. The van der Waals surface area contributed by atoms with Gasteiger partial charge in [0.2, 0.25) is 40.8 Å². The molecule has 0 saturated heterocycles. The molecule has 0 atom stereocenters. The van der Waals surface area contributed by atoms with E-state index in [2.05, 4.69) is 0 Å². The number of rotatable bonds is 29. The molecule has 460 valence electrons. The van der Waals surface area contributed by atoms with Crippen LogP contribution in [-0.4, -0.2) is 146 Å². The van der Waals surface area contributed by atoms with Crippen LogP contribution in [0.1, 0.15) is 74.2 Å². The van der Waals surface area contributed by atoms with Crippen LogP contribution in [-0.2, 0) is 106 Å². The van der Waals surface area contributed by atoms with Gasteiger partial charge in [-0.15, -0.1) is 0 Å². The second-order valence-electron chi connectivity index (χ2n) is 17.9. The monoisotopic (exact) mass is 1240 g/mol. The van der Waals surface area contributed by atoms with E-state index in [1.165, 1.54) is 47.4 Å². The van der Waals surface area contributed by atoms with Crippen molar-refractivity contribution >= 4 is 100 Å². The van der Waals surface area contributed by atoms with Gasteiger partial charge in [0, 0.05) is 70.4 Å². The normalized spacial score (nSPS) is 11.9. The van der Waals surface area contributed by atoms with Crippen molar-refractivity contribution in [2.75, 3.05) is 90.0 Å². The zero-order valence-corrected chi connectivity index (χ0v) is 48.4. The van der Waals surface area contributed by atoms with E-state index in [0.29, 0.717) is 5.56 Å². The number of nitrogens with zero attached hydrogens (tertiary/aromatic N) is 2. The van der Waals surface area contributed by atoms with Crippen molar-refractivity contribution in [2.24, 2.45) is 0 Å². The number of hydrogen-bond donors (Lipinski definition) is 0. The lowest BCUT2D eigenvalue weighted by Gasteiger charge is -2.37. The number of ether oxygens (including phenoxy) is 16. The molecule has 2 aliphatic heterocycles. The van der Waals surface area contributed by atoms with Crippen LogP contribution in [0.2, 0.25) is 10.0 Å². The standard InChI is InChI=1S/C55H54Cl2N2O27/c1-29-8-9-42(58(19-50(66)81-25-75-32(4)62)20-51(67)82-26-76-33(5)63)48(12-29)71-10-11-72-49-16-37-36(13-43(49)59(21-52(68)83-27-77-34(6)64)22-53(69)84-28-78-35(7)65)54(70)86-55(37)38-14-40(56)46(79-23-73-30(2)60)17-44(38)85-45-18-47(41(57)15-39(45)55)80-24-74-31(3)61/h8-9,12-18H,10-11,19-28H2,1-7H3. The molecule has 86 heavy (non-hydrogen) atoms. The highest BCUT2D eigenvalue weighted by atomic mass is 35.5. The summed E-state index contributed by atoms with van der Waals surface area (Å²) >= 11 is 13.7. The van der Waals surface area contributed by atoms with Crippen LogP contribution in [0.4, 0.5) is 11.4 Å². The van der Waals surface area contributed by atoms with E-state index in [0.717, 1.165) is 46.4 Å². The van der Waals surface area contributed by atoms with Crippen molar-refractivity contribution in [3.63, 3.8) is 0 Å². The maximum absolute atomic E-state index is 14.7. The summed E-state index contributed by atoms with van der Waals surface area (Å²) in [6.45, 7) is 0.134. The minimum absolute atomic E-state index is 0.00475. The fourth-order valence-corrected chi connectivity index (χ4v) is 8.37. The van der Waals surface area contributed by atoms with Gasteiger partial charge >= 0.3 is 65.7 Å². The van der Waals surface area contributed by atoms with Crippen LogP contribution in [0.15, 0.2) is 54.6 Å². The molecule has 1 spiro atoms. The fraction of sp³-hybridized carbons (Fsp3) is 0.364. The van der Waals surface area contributed by atoms with E-state index in [4.69, 9.17) is 99.0 Å². The SMILES string of the molecule is CC(=O)OCOC(=O)CN(CC(=O)OCOC(C)=O)c1ccc(C)cc1OCCOc1cc2c(cc1N(CC(=O)OCOC(C)=O)CC(=O)OCOC(C)=O)C(=O)OC21c2cc(Cl)c(OCOC(C)=O)cc2Oc2cc(OCOC(C)=O)c(Cl)cc21. The average Bonchev–Trinajstić information content (AvgIpc) is 1.44. The minimum Gasteiger partial charge on any atom is -0.488 e. The molecular formula is C55H54Cl2N2O27. The van der Waals surface area contributed by atoms with Gasteiger partial charge in [0.05, 0.1) is 27.0 Å². The maximum atomic E-state index is 14.7. The zero-order valence-electron chi connectivity index (χ0n) is 46.9. The summed E-state index contributed by atoms with van der Waals surface area (Å²) in [6, 6.07) is 12.5. The Morgan fingerprint density at radius 2 is 0.802 bits per heavy atom. The van der Waals surface area contributed by atoms with Gasteiger partial charge < -0.3 is 85.6 Å². The summed E-state index contributed by atoms with van der Waals surface area (Å²) in [5, 5.41) is -0.218. The van der Waals surface area contributed by atoms with Crippen LogP contribution in [0, 0.1) is 6.92 Å². The van der Waals surface area contributed by atoms with Gasteiger partial charge in [-0.1, -0.05) is 29.3 Å². The summed E-state index contributed by atoms with van der Waals surface area (Å²) in [5.74, 6) is -9.99. The van der Waals surface area contributed by atoms with E-state index in [-0.39, 0.29) is 84.8 Å². The van der Waals surface area contributed by atoms with Crippen LogP contribution < -0.4 is 33.5 Å². The molecular weight excluding hydrogens is 1190 g/mol. The number of halogens is 2. The minimum atomic E-state index is -2.10. The summed E-state index contributed by atoms with van der Waals surface area (Å²) < 4.78 is 86.1. The van der Waals surface area contributed by atoms with E-state index in [1.54, 1.807) is 19.1 Å². The molecule has 0 fully saturated rings. The topological polar surface area (TPSA) is 342 Å². The first-order chi connectivity index (χ1) is 40.8. The first-order valence-electron chi connectivity index (χ1n) is 25.2. The molecule has 29 nitrogen and oxygen atoms in total. The summed E-state index contributed by atoms with van der Waals surface area (Å²) in [7, 11) is 0. The average molecular weight is 1250 g/mol. The Morgan fingerprint density at radius 3 is 1.20 bits per heavy atom. The fourth-order valence-electron chi connectivity index (χ4n) is 7.94. The van der Waals surface area contributed by atoms with Gasteiger partial charge in [-0.05, 0) is 48.9 Å².